The molecular formula is C15H29NO3. The van der Waals surface area contributed by atoms with E-state index in [9.17, 15) is 9.90 Å². The number of carbonyl (C=O) groups is 1. The standard InChI is InChI=1S/C15H29NO3/c1-11(2)12-5-6-15(18)13(7-12)8-16(3)9-14(17)10-19-4/h11-14,17H,5-10H2,1-4H3. The smallest absolute Gasteiger partial charge is 0.137 e. The van der Waals surface area contributed by atoms with Crippen LogP contribution >= 0.6 is 0 Å². The normalized spacial score (nSPS) is 26.2. The summed E-state index contributed by atoms with van der Waals surface area (Å²) in [5, 5.41) is 9.70. The van der Waals surface area contributed by atoms with Gasteiger partial charge in [0, 0.05) is 32.5 Å². The molecule has 0 aromatic heterocycles. The second-order valence-corrected chi connectivity index (χ2v) is 6.27. The zero-order valence-electron chi connectivity index (χ0n) is 12.8. The van der Waals surface area contributed by atoms with E-state index >= 15 is 0 Å². The summed E-state index contributed by atoms with van der Waals surface area (Å²) >= 11 is 0. The van der Waals surface area contributed by atoms with Gasteiger partial charge in [-0.05, 0) is 31.7 Å². The van der Waals surface area contributed by atoms with Crippen LogP contribution in [-0.2, 0) is 9.53 Å². The van der Waals surface area contributed by atoms with Gasteiger partial charge in [-0.1, -0.05) is 13.8 Å². The summed E-state index contributed by atoms with van der Waals surface area (Å²) in [5.74, 6) is 1.85. The second kappa shape index (κ2) is 7.98. The van der Waals surface area contributed by atoms with Crippen LogP contribution in [0.25, 0.3) is 0 Å². The van der Waals surface area contributed by atoms with E-state index in [4.69, 9.17) is 4.74 Å². The first kappa shape index (κ1) is 16.6. The van der Waals surface area contributed by atoms with Crippen molar-refractivity contribution < 1.29 is 14.6 Å². The van der Waals surface area contributed by atoms with Gasteiger partial charge in [0.1, 0.15) is 5.78 Å². The predicted octanol–water partition coefficient (Wildman–Crippen LogP) is 1.57. The van der Waals surface area contributed by atoms with Crippen LogP contribution in [0, 0.1) is 17.8 Å². The van der Waals surface area contributed by atoms with Crippen molar-refractivity contribution in [3.8, 4) is 0 Å². The summed E-state index contributed by atoms with van der Waals surface area (Å²) in [6, 6.07) is 0. The van der Waals surface area contributed by atoms with Gasteiger partial charge in [0.25, 0.3) is 0 Å². The quantitative estimate of drug-likeness (QED) is 0.763. The fraction of sp³-hybridized carbons (Fsp3) is 0.933. The largest absolute Gasteiger partial charge is 0.389 e. The van der Waals surface area contributed by atoms with Gasteiger partial charge >= 0.3 is 0 Å². The number of methoxy groups -OCH3 is 1. The molecule has 4 heteroatoms. The summed E-state index contributed by atoms with van der Waals surface area (Å²) in [6.07, 6.45) is 2.29. The lowest BCUT2D eigenvalue weighted by Gasteiger charge is -2.33. The lowest BCUT2D eigenvalue weighted by atomic mass is 9.75. The number of ketones is 1. The zero-order valence-corrected chi connectivity index (χ0v) is 12.8. The molecule has 1 aliphatic carbocycles. The van der Waals surface area contributed by atoms with Crippen molar-refractivity contribution in [3.63, 3.8) is 0 Å². The number of hydrogen-bond acceptors (Lipinski definition) is 4. The Hall–Kier alpha value is -0.450. The number of aliphatic hydroxyl groups excluding tert-OH is 1. The first-order valence-electron chi connectivity index (χ1n) is 7.32. The topological polar surface area (TPSA) is 49.8 Å². The van der Waals surface area contributed by atoms with Crippen molar-refractivity contribution in [1.29, 1.82) is 0 Å². The van der Waals surface area contributed by atoms with E-state index in [0.717, 1.165) is 25.8 Å². The summed E-state index contributed by atoms with van der Waals surface area (Å²) in [5.41, 5.74) is 0. The number of rotatable bonds is 7. The Morgan fingerprint density at radius 2 is 2.16 bits per heavy atom. The van der Waals surface area contributed by atoms with Gasteiger partial charge in [-0.2, -0.15) is 0 Å². The average Bonchev–Trinajstić information content (AvgIpc) is 2.31. The molecule has 0 amide bonds. The molecule has 0 heterocycles. The van der Waals surface area contributed by atoms with Gasteiger partial charge in [0.05, 0.1) is 12.7 Å². The highest BCUT2D eigenvalue weighted by Gasteiger charge is 2.30. The van der Waals surface area contributed by atoms with Gasteiger partial charge in [-0.25, -0.2) is 0 Å². The van der Waals surface area contributed by atoms with Crippen molar-refractivity contribution in [1.82, 2.24) is 4.90 Å². The molecule has 1 aliphatic rings. The summed E-state index contributed by atoms with van der Waals surface area (Å²) in [6.45, 7) is 6.14. The third kappa shape index (κ3) is 5.59. The van der Waals surface area contributed by atoms with Crippen molar-refractivity contribution in [2.75, 3.05) is 33.9 Å². The Bertz CT molecular complexity index is 281. The maximum Gasteiger partial charge on any atom is 0.137 e. The van der Waals surface area contributed by atoms with E-state index in [1.165, 1.54) is 0 Å². The van der Waals surface area contributed by atoms with E-state index in [1.54, 1.807) is 7.11 Å². The highest BCUT2D eigenvalue weighted by molar-refractivity contribution is 5.81. The highest BCUT2D eigenvalue weighted by Crippen LogP contribution is 2.31. The minimum atomic E-state index is -0.477. The van der Waals surface area contributed by atoms with Crippen molar-refractivity contribution in [3.05, 3.63) is 0 Å². The summed E-state index contributed by atoms with van der Waals surface area (Å²) < 4.78 is 4.92. The number of aliphatic hydroxyl groups is 1. The van der Waals surface area contributed by atoms with Crippen LogP contribution < -0.4 is 0 Å². The molecule has 112 valence electrons. The number of carbonyl (C=O) groups excluding carboxylic acids is 1. The fourth-order valence-electron chi connectivity index (χ4n) is 2.98. The molecule has 0 aromatic carbocycles. The number of Topliss-reactive ketones (excluding diaryl/α,β-unsaturated/α-hetero) is 1. The van der Waals surface area contributed by atoms with Crippen LogP contribution in [0.15, 0.2) is 0 Å². The van der Waals surface area contributed by atoms with Crippen LogP contribution in [0.1, 0.15) is 33.1 Å². The third-order valence-corrected chi connectivity index (χ3v) is 4.16. The molecular weight excluding hydrogens is 242 g/mol. The van der Waals surface area contributed by atoms with E-state index < -0.39 is 6.10 Å². The maximum absolute atomic E-state index is 12.0. The molecule has 0 aromatic rings. The number of ether oxygens (including phenoxy) is 1. The van der Waals surface area contributed by atoms with Gasteiger partial charge in [-0.3, -0.25) is 4.79 Å². The molecule has 4 nitrogen and oxygen atoms in total. The predicted molar refractivity (Wildman–Crippen MR) is 76.1 cm³/mol. The number of nitrogens with zero attached hydrogens (tertiary/aromatic N) is 1. The molecule has 3 unspecified atom stereocenters. The van der Waals surface area contributed by atoms with Crippen LogP contribution in [-0.4, -0.2) is 55.7 Å². The number of likely N-dealkylation sites (N-methyl/N-ethyl adjacent to an activating group) is 1. The van der Waals surface area contributed by atoms with Crippen LogP contribution in [0.4, 0.5) is 0 Å². The Morgan fingerprint density at radius 3 is 2.74 bits per heavy atom. The van der Waals surface area contributed by atoms with E-state index in [0.29, 0.717) is 30.8 Å². The molecule has 1 N–H and O–H groups in total. The Kier molecular flexibility index (Phi) is 6.97. The van der Waals surface area contributed by atoms with Gasteiger partial charge < -0.3 is 14.7 Å². The Morgan fingerprint density at radius 1 is 1.47 bits per heavy atom. The average molecular weight is 271 g/mol. The lowest BCUT2D eigenvalue weighted by molar-refractivity contribution is -0.126. The molecule has 0 aliphatic heterocycles. The second-order valence-electron chi connectivity index (χ2n) is 6.27. The Balaban J connectivity index is 2.42. The van der Waals surface area contributed by atoms with Crippen molar-refractivity contribution in [2.24, 2.45) is 17.8 Å². The summed E-state index contributed by atoms with van der Waals surface area (Å²) in [4.78, 5) is 14.0. The van der Waals surface area contributed by atoms with Crippen molar-refractivity contribution >= 4 is 5.78 Å². The molecule has 0 spiro atoms. The van der Waals surface area contributed by atoms with Crippen LogP contribution in [0.3, 0.4) is 0 Å². The molecule has 1 fully saturated rings. The molecule has 0 radical (unpaired) electrons. The number of hydrogen-bond donors (Lipinski definition) is 1. The Labute approximate surface area is 117 Å². The summed E-state index contributed by atoms with van der Waals surface area (Å²) in [7, 11) is 3.55. The van der Waals surface area contributed by atoms with Crippen molar-refractivity contribution in [2.45, 2.75) is 39.2 Å². The van der Waals surface area contributed by atoms with Gasteiger partial charge in [-0.15, -0.1) is 0 Å². The minimum Gasteiger partial charge on any atom is -0.389 e. The first-order valence-corrected chi connectivity index (χ1v) is 7.32. The molecule has 1 saturated carbocycles. The van der Waals surface area contributed by atoms with E-state index in [-0.39, 0.29) is 5.92 Å². The van der Waals surface area contributed by atoms with Crippen LogP contribution in [0.2, 0.25) is 0 Å². The van der Waals surface area contributed by atoms with E-state index in [1.807, 2.05) is 7.05 Å². The molecule has 1 rings (SSSR count). The monoisotopic (exact) mass is 271 g/mol. The fourth-order valence-corrected chi connectivity index (χ4v) is 2.98. The lowest BCUT2D eigenvalue weighted by Crippen LogP contribution is -2.39. The maximum atomic E-state index is 12.0. The molecule has 0 saturated heterocycles. The van der Waals surface area contributed by atoms with E-state index in [2.05, 4.69) is 18.7 Å². The molecule has 0 bridgehead atoms. The SMILES string of the molecule is COCC(O)CN(C)CC1CC(C(C)C)CCC1=O. The first-order chi connectivity index (χ1) is 8.93. The minimum absolute atomic E-state index is 0.140. The highest BCUT2D eigenvalue weighted by atomic mass is 16.5. The molecule has 3 atom stereocenters. The van der Waals surface area contributed by atoms with Gasteiger partial charge in [0.2, 0.25) is 0 Å². The van der Waals surface area contributed by atoms with Crippen LogP contribution in [0.5, 0.6) is 0 Å². The zero-order chi connectivity index (χ0) is 14.4. The third-order valence-electron chi connectivity index (χ3n) is 4.16. The van der Waals surface area contributed by atoms with Gasteiger partial charge in [0.15, 0.2) is 0 Å². The molecule has 19 heavy (non-hydrogen) atoms.